The summed E-state index contributed by atoms with van der Waals surface area (Å²) in [5.74, 6) is 0.800. The molecule has 6 nitrogen and oxygen atoms in total. The van der Waals surface area contributed by atoms with E-state index in [0.29, 0.717) is 11.3 Å². The summed E-state index contributed by atoms with van der Waals surface area (Å²) in [6.45, 7) is -0.0288. The first kappa shape index (κ1) is 17.0. The summed E-state index contributed by atoms with van der Waals surface area (Å²) in [6.07, 6.45) is -2.79. The van der Waals surface area contributed by atoms with E-state index in [9.17, 15) is 13.2 Å². The van der Waals surface area contributed by atoms with Crippen LogP contribution in [0.5, 0.6) is 5.75 Å². The fourth-order valence-electron chi connectivity index (χ4n) is 2.65. The Morgan fingerprint density at radius 2 is 1.81 bits per heavy atom. The van der Waals surface area contributed by atoms with Crippen molar-refractivity contribution in [2.45, 2.75) is 12.8 Å². The zero-order chi connectivity index (χ0) is 18.9. The molecule has 2 heterocycles. The predicted octanol–water partition coefficient (Wildman–Crippen LogP) is 3.81. The summed E-state index contributed by atoms with van der Waals surface area (Å²) in [7, 11) is 0. The Labute approximate surface area is 151 Å². The molecule has 2 aromatic carbocycles. The van der Waals surface area contributed by atoms with Crippen LogP contribution in [0.2, 0.25) is 0 Å². The third-order valence-corrected chi connectivity index (χ3v) is 3.90. The lowest BCUT2D eigenvalue weighted by Crippen LogP contribution is -2.10. The van der Waals surface area contributed by atoms with Crippen molar-refractivity contribution in [1.29, 1.82) is 0 Å². The van der Waals surface area contributed by atoms with E-state index in [0.717, 1.165) is 17.5 Å². The number of pyridine rings is 1. The maximum absolute atomic E-state index is 12.9. The largest absolute Gasteiger partial charge is 0.483 e. The van der Waals surface area contributed by atoms with Gasteiger partial charge in [-0.1, -0.05) is 24.3 Å². The molecule has 2 aromatic heterocycles. The van der Waals surface area contributed by atoms with Crippen LogP contribution in [0.15, 0.2) is 60.8 Å². The highest BCUT2D eigenvalue weighted by Gasteiger charge is 2.30. The number of rotatable bonds is 4. The quantitative estimate of drug-likeness (QED) is 0.546. The smallest absolute Gasteiger partial charge is 0.416 e. The molecule has 136 valence electrons. The van der Waals surface area contributed by atoms with Crippen LogP contribution >= 0.6 is 0 Å². The zero-order valence-electron chi connectivity index (χ0n) is 13.8. The molecule has 0 spiro atoms. The standard InChI is InChI=1S/C18H12F3N5O/c19-18(20,21)13-6-2-7-14(10-13)26-16(23-24-25-26)11-27-15-8-1-4-12-5-3-9-22-17(12)15/h1-10H,11H2. The van der Waals surface area contributed by atoms with E-state index < -0.39 is 11.7 Å². The number of benzene rings is 2. The number of nitrogens with zero attached hydrogens (tertiary/aromatic N) is 5. The Hall–Kier alpha value is -3.49. The molecule has 0 atom stereocenters. The van der Waals surface area contributed by atoms with Gasteiger partial charge >= 0.3 is 6.18 Å². The first-order valence-electron chi connectivity index (χ1n) is 7.94. The highest BCUT2D eigenvalue weighted by Crippen LogP contribution is 2.30. The lowest BCUT2D eigenvalue weighted by Gasteiger charge is -2.11. The lowest BCUT2D eigenvalue weighted by atomic mass is 10.2. The van der Waals surface area contributed by atoms with Gasteiger partial charge in [0, 0.05) is 11.6 Å². The molecule has 0 aliphatic carbocycles. The van der Waals surface area contributed by atoms with E-state index in [2.05, 4.69) is 20.5 Å². The minimum absolute atomic E-state index is 0.0288. The third kappa shape index (κ3) is 3.43. The topological polar surface area (TPSA) is 65.7 Å². The molecule has 4 rings (SSSR count). The Morgan fingerprint density at radius 3 is 2.67 bits per heavy atom. The van der Waals surface area contributed by atoms with Crippen molar-refractivity contribution in [1.82, 2.24) is 25.2 Å². The predicted molar refractivity (Wildman–Crippen MR) is 90.2 cm³/mol. The highest BCUT2D eigenvalue weighted by molar-refractivity contribution is 5.84. The van der Waals surface area contributed by atoms with Crippen molar-refractivity contribution in [2.75, 3.05) is 0 Å². The van der Waals surface area contributed by atoms with Crippen LogP contribution in [0, 0.1) is 0 Å². The molecule has 9 heteroatoms. The second-order valence-electron chi connectivity index (χ2n) is 5.67. The first-order chi connectivity index (χ1) is 13.0. The lowest BCUT2D eigenvalue weighted by molar-refractivity contribution is -0.137. The number of ether oxygens (including phenoxy) is 1. The van der Waals surface area contributed by atoms with Gasteiger partial charge in [0.1, 0.15) is 17.9 Å². The summed E-state index contributed by atoms with van der Waals surface area (Å²) in [5.41, 5.74) is 0.100. The molecule has 0 saturated carbocycles. The third-order valence-electron chi connectivity index (χ3n) is 3.90. The van der Waals surface area contributed by atoms with Gasteiger partial charge in [-0.2, -0.15) is 17.9 Å². The fraction of sp³-hybridized carbons (Fsp3) is 0.111. The summed E-state index contributed by atoms with van der Waals surface area (Å²) >= 11 is 0. The van der Waals surface area contributed by atoms with E-state index in [1.54, 1.807) is 12.3 Å². The number of alkyl halides is 3. The first-order valence-corrected chi connectivity index (χ1v) is 7.94. The van der Waals surface area contributed by atoms with Crippen LogP contribution in [-0.4, -0.2) is 25.2 Å². The average molecular weight is 371 g/mol. The van der Waals surface area contributed by atoms with Crippen LogP contribution in [-0.2, 0) is 12.8 Å². The summed E-state index contributed by atoms with van der Waals surface area (Å²) in [6, 6.07) is 14.0. The minimum Gasteiger partial charge on any atom is -0.483 e. The van der Waals surface area contributed by atoms with Gasteiger partial charge < -0.3 is 4.74 Å². The van der Waals surface area contributed by atoms with E-state index in [4.69, 9.17) is 4.74 Å². The molecule has 0 fully saturated rings. The molecule has 0 radical (unpaired) electrons. The number of tetrazole rings is 1. The van der Waals surface area contributed by atoms with Gasteiger partial charge in [0.05, 0.1) is 11.3 Å². The molecule has 0 unspecified atom stereocenters. The van der Waals surface area contributed by atoms with E-state index in [-0.39, 0.29) is 18.1 Å². The molecule has 0 amide bonds. The Kier molecular flexibility index (Phi) is 4.19. The summed E-state index contributed by atoms with van der Waals surface area (Å²) < 4.78 is 45.8. The Bertz CT molecular complexity index is 1090. The van der Waals surface area contributed by atoms with E-state index in [1.807, 2.05) is 24.3 Å². The van der Waals surface area contributed by atoms with Crippen molar-refractivity contribution < 1.29 is 17.9 Å². The molecular formula is C18H12F3N5O. The Balaban J connectivity index is 1.62. The van der Waals surface area contributed by atoms with Gasteiger partial charge in [0.2, 0.25) is 0 Å². The molecular weight excluding hydrogens is 359 g/mol. The number of hydrogen-bond acceptors (Lipinski definition) is 5. The second kappa shape index (κ2) is 6.67. The van der Waals surface area contributed by atoms with Crippen LogP contribution in [0.1, 0.15) is 11.4 Å². The average Bonchev–Trinajstić information content (AvgIpc) is 3.14. The molecule has 0 aliphatic heterocycles. The van der Waals surface area contributed by atoms with Gasteiger partial charge in [-0.05, 0) is 40.8 Å². The van der Waals surface area contributed by atoms with Crippen molar-refractivity contribution in [3.8, 4) is 11.4 Å². The second-order valence-corrected chi connectivity index (χ2v) is 5.67. The van der Waals surface area contributed by atoms with Gasteiger partial charge in [0.25, 0.3) is 0 Å². The van der Waals surface area contributed by atoms with Gasteiger partial charge in [-0.15, -0.1) is 5.10 Å². The van der Waals surface area contributed by atoms with Gasteiger partial charge in [-0.25, -0.2) is 0 Å². The van der Waals surface area contributed by atoms with E-state index >= 15 is 0 Å². The number of halogens is 3. The zero-order valence-corrected chi connectivity index (χ0v) is 13.8. The molecule has 27 heavy (non-hydrogen) atoms. The number of fused-ring (bicyclic) bond motifs is 1. The van der Waals surface area contributed by atoms with Gasteiger partial charge in [-0.3, -0.25) is 4.98 Å². The van der Waals surface area contributed by atoms with Gasteiger partial charge in [0.15, 0.2) is 5.82 Å². The number of para-hydroxylation sites is 1. The fourth-order valence-corrected chi connectivity index (χ4v) is 2.65. The van der Waals surface area contributed by atoms with Crippen molar-refractivity contribution in [3.63, 3.8) is 0 Å². The highest BCUT2D eigenvalue weighted by atomic mass is 19.4. The molecule has 0 aliphatic rings. The molecule has 0 saturated heterocycles. The molecule has 0 N–H and O–H groups in total. The minimum atomic E-state index is -4.45. The SMILES string of the molecule is FC(F)(F)c1cccc(-n2nnnc2COc2cccc3cccnc23)c1. The van der Waals surface area contributed by atoms with Crippen molar-refractivity contribution >= 4 is 10.9 Å². The molecule has 4 aromatic rings. The number of hydrogen-bond donors (Lipinski definition) is 0. The summed E-state index contributed by atoms with van der Waals surface area (Å²) in [4.78, 5) is 4.29. The summed E-state index contributed by atoms with van der Waals surface area (Å²) in [5, 5.41) is 12.1. The van der Waals surface area contributed by atoms with Crippen molar-refractivity contribution in [2.24, 2.45) is 0 Å². The van der Waals surface area contributed by atoms with Crippen molar-refractivity contribution in [3.05, 3.63) is 72.2 Å². The Morgan fingerprint density at radius 1 is 1.00 bits per heavy atom. The normalized spacial score (nSPS) is 11.7. The number of aromatic nitrogens is 5. The van der Waals surface area contributed by atoms with Crippen LogP contribution in [0.25, 0.3) is 16.6 Å². The maximum Gasteiger partial charge on any atom is 0.416 e. The van der Waals surface area contributed by atoms with E-state index in [1.165, 1.54) is 16.8 Å². The van der Waals surface area contributed by atoms with Crippen LogP contribution < -0.4 is 4.74 Å². The maximum atomic E-state index is 12.9. The monoisotopic (exact) mass is 371 g/mol. The molecule has 0 bridgehead atoms. The van der Waals surface area contributed by atoms with Crippen LogP contribution in [0.4, 0.5) is 13.2 Å². The van der Waals surface area contributed by atoms with Crippen LogP contribution in [0.3, 0.4) is 0 Å².